The lowest BCUT2D eigenvalue weighted by molar-refractivity contribution is 0.0766. The molecular weight excluding hydrogens is 132 g/mol. The summed E-state index contributed by atoms with van der Waals surface area (Å²) in [6, 6.07) is 0. The Kier molecular flexibility index (Phi) is 7.02. The minimum atomic E-state index is -1.18. The van der Waals surface area contributed by atoms with Gasteiger partial charge < -0.3 is 21.7 Å². The normalized spacial score (nSPS) is 15.6. The molecule has 1 unspecified atom stereocenters. The average molecular weight is 150 g/mol. The van der Waals surface area contributed by atoms with Gasteiger partial charge in [0.1, 0.15) is 5.72 Å². The van der Waals surface area contributed by atoms with E-state index in [1.165, 1.54) is 6.92 Å². The Hall–Kier alpha value is -0.160. The van der Waals surface area contributed by atoms with E-state index in [9.17, 15) is 0 Å². The van der Waals surface area contributed by atoms with Gasteiger partial charge in [-0.3, -0.25) is 0 Å². The van der Waals surface area contributed by atoms with E-state index in [4.69, 9.17) is 21.7 Å². The van der Waals surface area contributed by atoms with Crippen LogP contribution in [0.4, 0.5) is 0 Å². The van der Waals surface area contributed by atoms with Crippen LogP contribution in [0, 0.1) is 0 Å². The molecule has 4 heteroatoms. The molecule has 64 valence electrons. The van der Waals surface area contributed by atoms with Crippen LogP contribution >= 0.6 is 0 Å². The molecular formula is C6H18N2O2. The van der Waals surface area contributed by atoms with E-state index in [0.717, 1.165) is 0 Å². The van der Waals surface area contributed by atoms with E-state index in [-0.39, 0.29) is 12.6 Å². The number of hydrogen-bond acceptors (Lipinski definition) is 4. The maximum atomic E-state index is 8.48. The van der Waals surface area contributed by atoms with Gasteiger partial charge >= 0.3 is 0 Å². The molecule has 0 saturated heterocycles. The Morgan fingerprint density at radius 3 is 1.60 bits per heavy atom. The van der Waals surface area contributed by atoms with Crippen LogP contribution in [0.15, 0.2) is 0 Å². The monoisotopic (exact) mass is 150 g/mol. The summed E-state index contributed by atoms with van der Waals surface area (Å²) >= 11 is 0. The summed E-state index contributed by atoms with van der Waals surface area (Å²) in [6.45, 7) is 5.00. The van der Waals surface area contributed by atoms with Crippen LogP contribution in [0.5, 0.6) is 0 Å². The molecule has 0 amide bonds. The van der Waals surface area contributed by atoms with Crippen LogP contribution in [0.25, 0.3) is 0 Å². The zero-order chi connectivity index (χ0) is 8.78. The zero-order valence-electron chi connectivity index (χ0n) is 6.83. The van der Waals surface area contributed by atoms with Gasteiger partial charge in [-0.25, -0.2) is 0 Å². The van der Waals surface area contributed by atoms with Crippen LogP contribution in [-0.4, -0.2) is 28.6 Å². The first-order valence-corrected chi connectivity index (χ1v) is 3.19. The van der Waals surface area contributed by atoms with Crippen molar-refractivity contribution >= 4 is 0 Å². The van der Waals surface area contributed by atoms with Crippen molar-refractivity contribution in [3.63, 3.8) is 0 Å². The predicted molar refractivity (Wildman–Crippen MR) is 41.2 cm³/mol. The third-order valence-corrected chi connectivity index (χ3v) is 0.413. The molecule has 6 N–H and O–H groups in total. The molecule has 0 aliphatic carbocycles. The summed E-state index contributed by atoms with van der Waals surface area (Å²) < 4.78 is 0. The van der Waals surface area contributed by atoms with Gasteiger partial charge in [-0.2, -0.15) is 0 Å². The van der Waals surface area contributed by atoms with Crippen molar-refractivity contribution in [2.75, 3.05) is 6.54 Å². The first kappa shape index (κ1) is 12.5. The Morgan fingerprint density at radius 2 is 1.60 bits per heavy atom. The van der Waals surface area contributed by atoms with Gasteiger partial charge in [-0.1, -0.05) is 0 Å². The second kappa shape index (κ2) is 5.61. The number of aliphatic hydroxyl groups excluding tert-OH is 1. The summed E-state index contributed by atoms with van der Waals surface area (Å²) in [5, 5.41) is 16.5. The quantitative estimate of drug-likeness (QED) is 0.361. The third kappa shape index (κ3) is 45.5. The molecule has 0 radical (unpaired) electrons. The first-order valence-electron chi connectivity index (χ1n) is 3.19. The van der Waals surface area contributed by atoms with Crippen molar-refractivity contribution in [1.82, 2.24) is 0 Å². The van der Waals surface area contributed by atoms with Gasteiger partial charge in [0.25, 0.3) is 0 Å². The van der Waals surface area contributed by atoms with E-state index in [1.54, 1.807) is 13.8 Å². The largest absolute Gasteiger partial charge is 0.394 e. The molecule has 0 saturated carbocycles. The van der Waals surface area contributed by atoms with E-state index in [1.807, 2.05) is 0 Å². The second-order valence-corrected chi connectivity index (χ2v) is 2.66. The SMILES string of the molecule is CC(C)O.CC(N)(O)CN. The molecule has 0 aromatic heterocycles. The maximum absolute atomic E-state index is 8.48. The summed E-state index contributed by atoms with van der Waals surface area (Å²) in [7, 11) is 0. The molecule has 4 nitrogen and oxygen atoms in total. The molecule has 0 fully saturated rings. The highest BCUT2D eigenvalue weighted by Crippen LogP contribution is 1.82. The number of aliphatic hydroxyl groups is 2. The van der Waals surface area contributed by atoms with Crippen molar-refractivity contribution < 1.29 is 10.2 Å². The fourth-order valence-electron chi connectivity index (χ4n) is 0. The van der Waals surface area contributed by atoms with E-state index in [0.29, 0.717) is 0 Å². The molecule has 0 bridgehead atoms. The van der Waals surface area contributed by atoms with Crippen LogP contribution in [-0.2, 0) is 0 Å². The Morgan fingerprint density at radius 1 is 1.50 bits per heavy atom. The van der Waals surface area contributed by atoms with Gasteiger partial charge in [-0.15, -0.1) is 0 Å². The summed E-state index contributed by atoms with van der Waals surface area (Å²) in [5.41, 5.74) is 8.72. The number of rotatable bonds is 1. The Balaban J connectivity index is 0. The lowest BCUT2D eigenvalue weighted by atomic mass is 10.3. The summed E-state index contributed by atoms with van der Waals surface area (Å²) in [6.07, 6.45) is -0.167. The van der Waals surface area contributed by atoms with Crippen molar-refractivity contribution in [3.05, 3.63) is 0 Å². The highest BCUT2D eigenvalue weighted by Gasteiger charge is 2.06. The van der Waals surface area contributed by atoms with Gasteiger partial charge in [0.2, 0.25) is 0 Å². The first-order chi connectivity index (χ1) is 4.29. The maximum Gasteiger partial charge on any atom is 0.123 e. The van der Waals surface area contributed by atoms with E-state index >= 15 is 0 Å². The minimum Gasteiger partial charge on any atom is -0.394 e. The highest BCUT2D eigenvalue weighted by atomic mass is 16.3. The van der Waals surface area contributed by atoms with Crippen LogP contribution in [0.3, 0.4) is 0 Å². The summed E-state index contributed by atoms with van der Waals surface area (Å²) in [5.74, 6) is 0. The number of hydrogen-bond donors (Lipinski definition) is 4. The van der Waals surface area contributed by atoms with E-state index < -0.39 is 5.72 Å². The van der Waals surface area contributed by atoms with Gasteiger partial charge in [-0.05, 0) is 20.8 Å². The molecule has 0 aromatic carbocycles. The summed E-state index contributed by atoms with van der Waals surface area (Å²) in [4.78, 5) is 0. The molecule has 0 heterocycles. The molecule has 0 aliphatic rings. The van der Waals surface area contributed by atoms with Crippen LogP contribution in [0.1, 0.15) is 20.8 Å². The standard InChI is InChI=1S/C3H10N2O.C3H8O/c1-3(5,6)2-4;1-3(2)4/h6H,2,4-5H2,1H3;3-4H,1-2H3. The smallest absolute Gasteiger partial charge is 0.123 e. The van der Waals surface area contributed by atoms with Crippen LogP contribution < -0.4 is 11.5 Å². The Labute approximate surface area is 61.8 Å². The van der Waals surface area contributed by atoms with Crippen molar-refractivity contribution in [1.29, 1.82) is 0 Å². The third-order valence-electron chi connectivity index (χ3n) is 0.413. The molecule has 10 heavy (non-hydrogen) atoms. The second-order valence-electron chi connectivity index (χ2n) is 2.66. The molecule has 0 rings (SSSR count). The minimum absolute atomic E-state index is 0.104. The lowest BCUT2D eigenvalue weighted by Gasteiger charge is -2.11. The van der Waals surface area contributed by atoms with Crippen LogP contribution in [0.2, 0.25) is 0 Å². The number of nitrogens with two attached hydrogens (primary N) is 2. The molecule has 1 atom stereocenters. The van der Waals surface area contributed by atoms with Gasteiger partial charge in [0.05, 0.1) is 0 Å². The highest BCUT2D eigenvalue weighted by molar-refractivity contribution is 4.60. The zero-order valence-corrected chi connectivity index (χ0v) is 6.83. The average Bonchev–Trinajstić information content (AvgIpc) is 1.63. The topological polar surface area (TPSA) is 92.5 Å². The van der Waals surface area contributed by atoms with Crippen molar-refractivity contribution in [2.24, 2.45) is 11.5 Å². The van der Waals surface area contributed by atoms with E-state index in [2.05, 4.69) is 0 Å². The fraction of sp³-hybridized carbons (Fsp3) is 1.00. The Bertz CT molecular complexity index is 65.9. The fourth-order valence-corrected chi connectivity index (χ4v) is 0. The lowest BCUT2D eigenvalue weighted by Crippen LogP contribution is -2.43. The van der Waals surface area contributed by atoms with Crippen molar-refractivity contribution in [2.45, 2.75) is 32.6 Å². The molecule has 0 aliphatic heterocycles. The van der Waals surface area contributed by atoms with Crippen molar-refractivity contribution in [3.8, 4) is 0 Å². The predicted octanol–water partition coefficient (Wildman–Crippen LogP) is -1.00. The van der Waals surface area contributed by atoms with Gasteiger partial charge in [0, 0.05) is 12.6 Å². The molecule has 0 aromatic rings. The van der Waals surface area contributed by atoms with Gasteiger partial charge in [0.15, 0.2) is 0 Å². The molecule has 0 spiro atoms.